The van der Waals surface area contributed by atoms with E-state index in [0.717, 1.165) is 0 Å². The van der Waals surface area contributed by atoms with E-state index in [-0.39, 0.29) is 10.8 Å². The van der Waals surface area contributed by atoms with Gasteiger partial charge >= 0.3 is 0 Å². The minimum atomic E-state index is -3.75. The summed E-state index contributed by atoms with van der Waals surface area (Å²) in [4.78, 5) is 12.0. The van der Waals surface area contributed by atoms with Gasteiger partial charge in [0.2, 0.25) is 10.0 Å². The van der Waals surface area contributed by atoms with Crippen molar-refractivity contribution in [1.29, 1.82) is 0 Å². The first-order valence-corrected chi connectivity index (χ1v) is 7.32. The van der Waals surface area contributed by atoms with E-state index in [2.05, 4.69) is 5.32 Å². The van der Waals surface area contributed by atoms with Crippen LogP contribution in [0.4, 0.5) is 5.69 Å². The first kappa shape index (κ1) is 14.3. The summed E-state index contributed by atoms with van der Waals surface area (Å²) in [7, 11) is -3.75. The molecule has 2 aromatic rings. The van der Waals surface area contributed by atoms with Crippen molar-refractivity contribution in [2.24, 2.45) is 5.14 Å². The molecule has 0 saturated carbocycles. The zero-order valence-electron chi connectivity index (χ0n) is 11.0. The van der Waals surface area contributed by atoms with Gasteiger partial charge in [-0.15, -0.1) is 0 Å². The summed E-state index contributed by atoms with van der Waals surface area (Å²) in [6, 6.07) is 5.87. The van der Waals surface area contributed by atoms with Crippen molar-refractivity contribution >= 4 is 21.6 Å². The van der Waals surface area contributed by atoms with Crippen LogP contribution in [0.15, 0.2) is 39.8 Å². The largest absolute Gasteiger partial charge is 0.469 e. The van der Waals surface area contributed by atoms with E-state index in [1.807, 2.05) is 0 Å². The SMILES string of the molecule is Cc1cc(C(=O)Nc2ccc(S(N)(=O)=O)cc2C)co1. The molecule has 0 radical (unpaired) electrons. The van der Waals surface area contributed by atoms with Crippen LogP contribution in [0.25, 0.3) is 0 Å². The Kier molecular flexibility index (Phi) is 3.65. The fourth-order valence-corrected chi connectivity index (χ4v) is 2.31. The number of carbonyl (C=O) groups is 1. The van der Waals surface area contributed by atoms with E-state index in [0.29, 0.717) is 22.6 Å². The molecule has 3 N–H and O–H groups in total. The summed E-state index contributed by atoms with van der Waals surface area (Å²) in [5.74, 6) is 0.310. The molecule has 7 heteroatoms. The second kappa shape index (κ2) is 5.10. The summed E-state index contributed by atoms with van der Waals surface area (Å²) in [5.41, 5.74) is 1.52. The molecule has 0 aliphatic rings. The number of carbonyl (C=O) groups excluding carboxylic acids is 1. The lowest BCUT2D eigenvalue weighted by Crippen LogP contribution is -2.14. The third kappa shape index (κ3) is 3.06. The minimum Gasteiger partial charge on any atom is -0.469 e. The Balaban J connectivity index is 2.25. The zero-order chi connectivity index (χ0) is 14.9. The number of aryl methyl sites for hydroxylation is 2. The number of primary sulfonamides is 1. The molecule has 0 fully saturated rings. The summed E-state index contributed by atoms with van der Waals surface area (Å²) in [5, 5.41) is 7.73. The lowest BCUT2D eigenvalue weighted by atomic mass is 10.2. The number of amides is 1. The topological polar surface area (TPSA) is 102 Å². The van der Waals surface area contributed by atoms with Crippen molar-refractivity contribution in [2.45, 2.75) is 18.7 Å². The van der Waals surface area contributed by atoms with Crippen LogP contribution in [0.5, 0.6) is 0 Å². The average Bonchev–Trinajstić information content (AvgIpc) is 2.77. The highest BCUT2D eigenvalue weighted by Gasteiger charge is 2.13. The van der Waals surface area contributed by atoms with Gasteiger partial charge in [0.15, 0.2) is 0 Å². The molecule has 0 saturated heterocycles. The van der Waals surface area contributed by atoms with Gasteiger partial charge in [-0.25, -0.2) is 13.6 Å². The van der Waals surface area contributed by atoms with E-state index < -0.39 is 10.0 Å². The fourth-order valence-electron chi connectivity index (χ4n) is 1.71. The summed E-state index contributed by atoms with van der Waals surface area (Å²) < 4.78 is 27.5. The molecule has 1 aromatic carbocycles. The van der Waals surface area contributed by atoms with Gasteiger partial charge < -0.3 is 9.73 Å². The predicted octanol–water partition coefficient (Wildman–Crippen LogP) is 1.80. The predicted molar refractivity (Wildman–Crippen MR) is 74.0 cm³/mol. The van der Waals surface area contributed by atoms with E-state index in [9.17, 15) is 13.2 Å². The van der Waals surface area contributed by atoms with Crippen molar-refractivity contribution < 1.29 is 17.6 Å². The van der Waals surface area contributed by atoms with Gasteiger partial charge in [-0.1, -0.05) is 0 Å². The molecule has 6 nitrogen and oxygen atoms in total. The lowest BCUT2D eigenvalue weighted by molar-refractivity contribution is 0.102. The molecule has 0 aliphatic heterocycles. The Bertz CT molecular complexity index is 762. The first-order chi connectivity index (χ1) is 9.27. The third-order valence-corrected chi connectivity index (χ3v) is 3.68. The van der Waals surface area contributed by atoms with Gasteiger partial charge in [-0.05, 0) is 43.7 Å². The maximum Gasteiger partial charge on any atom is 0.258 e. The fraction of sp³-hybridized carbons (Fsp3) is 0.154. The number of benzene rings is 1. The lowest BCUT2D eigenvalue weighted by Gasteiger charge is -2.08. The highest BCUT2D eigenvalue weighted by atomic mass is 32.2. The molecule has 2 rings (SSSR count). The van der Waals surface area contributed by atoms with Crippen LogP contribution in [-0.2, 0) is 10.0 Å². The smallest absolute Gasteiger partial charge is 0.258 e. The first-order valence-electron chi connectivity index (χ1n) is 5.77. The van der Waals surface area contributed by atoms with Gasteiger partial charge in [-0.2, -0.15) is 0 Å². The van der Waals surface area contributed by atoms with Crippen LogP contribution in [0.1, 0.15) is 21.7 Å². The normalized spacial score (nSPS) is 11.3. The second-order valence-corrected chi connectivity index (χ2v) is 5.98. The van der Waals surface area contributed by atoms with Crippen molar-refractivity contribution in [3.8, 4) is 0 Å². The number of hydrogen-bond acceptors (Lipinski definition) is 4. The summed E-state index contributed by atoms with van der Waals surface area (Å²) in [6.07, 6.45) is 1.36. The molecule has 20 heavy (non-hydrogen) atoms. The highest BCUT2D eigenvalue weighted by Crippen LogP contribution is 2.20. The van der Waals surface area contributed by atoms with Crippen molar-refractivity contribution in [3.05, 3.63) is 47.4 Å². The van der Waals surface area contributed by atoms with Crippen LogP contribution >= 0.6 is 0 Å². The Hall–Kier alpha value is -2.12. The Morgan fingerprint density at radius 2 is 1.95 bits per heavy atom. The average molecular weight is 294 g/mol. The molecular weight excluding hydrogens is 280 g/mol. The third-order valence-electron chi connectivity index (χ3n) is 2.77. The standard InChI is InChI=1S/C13H14N2O4S/c1-8-5-11(20(14,17)18)3-4-12(8)15-13(16)10-6-9(2)19-7-10/h3-7H,1-2H3,(H,15,16)(H2,14,17,18). The number of rotatable bonds is 3. The van der Waals surface area contributed by atoms with Crippen molar-refractivity contribution in [2.75, 3.05) is 5.32 Å². The number of sulfonamides is 1. The maximum absolute atomic E-state index is 11.9. The second-order valence-electron chi connectivity index (χ2n) is 4.42. The van der Waals surface area contributed by atoms with E-state index in [4.69, 9.17) is 9.56 Å². The molecule has 0 spiro atoms. The molecule has 1 aromatic heterocycles. The van der Waals surface area contributed by atoms with Crippen LogP contribution in [0.3, 0.4) is 0 Å². The van der Waals surface area contributed by atoms with Crippen LogP contribution < -0.4 is 10.5 Å². The maximum atomic E-state index is 11.9. The molecule has 0 unspecified atom stereocenters. The Morgan fingerprint density at radius 3 is 2.45 bits per heavy atom. The molecule has 0 aliphatic carbocycles. The van der Waals surface area contributed by atoms with Crippen LogP contribution in [0.2, 0.25) is 0 Å². The number of hydrogen-bond donors (Lipinski definition) is 2. The zero-order valence-corrected chi connectivity index (χ0v) is 11.8. The van der Waals surface area contributed by atoms with Gasteiger partial charge in [0, 0.05) is 5.69 Å². The molecule has 106 valence electrons. The van der Waals surface area contributed by atoms with Crippen molar-refractivity contribution in [3.63, 3.8) is 0 Å². The molecule has 0 atom stereocenters. The Labute approximate surface area is 116 Å². The van der Waals surface area contributed by atoms with Crippen LogP contribution in [-0.4, -0.2) is 14.3 Å². The summed E-state index contributed by atoms with van der Waals surface area (Å²) >= 11 is 0. The number of anilines is 1. The van der Waals surface area contributed by atoms with Gasteiger partial charge in [0.1, 0.15) is 12.0 Å². The highest BCUT2D eigenvalue weighted by molar-refractivity contribution is 7.89. The molecule has 1 heterocycles. The van der Waals surface area contributed by atoms with Gasteiger partial charge in [0.25, 0.3) is 5.91 Å². The number of nitrogens with one attached hydrogen (secondary N) is 1. The molecule has 1 amide bonds. The summed E-state index contributed by atoms with van der Waals surface area (Å²) in [6.45, 7) is 3.42. The quantitative estimate of drug-likeness (QED) is 0.900. The number of nitrogens with two attached hydrogens (primary N) is 1. The van der Waals surface area contributed by atoms with Crippen molar-refractivity contribution in [1.82, 2.24) is 0 Å². The minimum absolute atomic E-state index is 0.00662. The van der Waals surface area contributed by atoms with E-state index in [1.165, 1.54) is 24.5 Å². The Morgan fingerprint density at radius 1 is 1.25 bits per heavy atom. The van der Waals surface area contributed by atoms with E-state index in [1.54, 1.807) is 19.9 Å². The van der Waals surface area contributed by atoms with Crippen LogP contribution in [0, 0.1) is 13.8 Å². The molecule has 0 bridgehead atoms. The van der Waals surface area contributed by atoms with Gasteiger partial charge in [0.05, 0.1) is 10.5 Å². The number of furan rings is 1. The van der Waals surface area contributed by atoms with E-state index >= 15 is 0 Å². The monoisotopic (exact) mass is 294 g/mol. The van der Waals surface area contributed by atoms with Gasteiger partial charge in [-0.3, -0.25) is 4.79 Å². The molecular formula is C13H14N2O4S.